The van der Waals surface area contributed by atoms with Crippen LogP contribution in [0, 0.1) is 0 Å². The summed E-state index contributed by atoms with van der Waals surface area (Å²) in [6, 6.07) is 17.8. The second kappa shape index (κ2) is 9.40. The van der Waals surface area contributed by atoms with Gasteiger partial charge in [0.2, 0.25) is 0 Å². The summed E-state index contributed by atoms with van der Waals surface area (Å²) < 4.78 is 0. The maximum Gasteiger partial charge on any atom is 0.317 e. The summed E-state index contributed by atoms with van der Waals surface area (Å²) in [5.74, 6) is 0.460. The maximum atomic E-state index is 12.5. The number of urea groups is 1. The number of hydrogen-bond donors (Lipinski definition) is 1. The lowest BCUT2D eigenvalue weighted by atomic mass is 9.99. The first-order chi connectivity index (χ1) is 13.6. The van der Waals surface area contributed by atoms with E-state index < -0.39 is 0 Å². The average molecular weight is 380 g/mol. The lowest BCUT2D eigenvalue weighted by Crippen LogP contribution is -2.38. The van der Waals surface area contributed by atoms with Crippen LogP contribution in [0.4, 0.5) is 4.79 Å². The Morgan fingerprint density at radius 2 is 1.71 bits per heavy atom. The lowest BCUT2D eigenvalue weighted by molar-refractivity contribution is 0.0773. The molecule has 0 aromatic heterocycles. The second-order valence-corrected chi connectivity index (χ2v) is 7.18. The molecule has 1 aliphatic rings. The van der Waals surface area contributed by atoms with Gasteiger partial charge in [0.25, 0.3) is 5.91 Å². The summed E-state index contributed by atoms with van der Waals surface area (Å²) >= 11 is 0. The molecule has 2 aromatic carbocycles. The van der Waals surface area contributed by atoms with E-state index in [0.29, 0.717) is 31.1 Å². The number of hydrogen-bond acceptors (Lipinski definition) is 2. The molecule has 0 bridgehead atoms. The highest BCUT2D eigenvalue weighted by molar-refractivity contribution is 5.94. The van der Waals surface area contributed by atoms with Gasteiger partial charge in [-0.2, -0.15) is 0 Å². The van der Waals surface area contributed by atoms with Crippen molar-refractivity contribution in [1.82, 2.24) is 15.1 Å². The molecule has 0 spiro atoms. The Kier molecular flexibility index (Phi) is 6.69. The quantitative estimate of drug-likeness (QED) is 0.828. The summed E-state index contributed by atoms with van der Waals surface area (Å²) in [7, 11) is 0. The van der Waals surface area contributed by atoms with E-state index in [1.807, 2.05) is 61.2 Å². The molecule has 1 saturated heterocycles. The number of benzene rings is 2. The van der Waals surface area contributed by atoms with Gasteiger partial charge in [0.05, 0.1) is 0 Å². The van der Waals surface area contributed by atoms with Gasteiger partial charge in [-0.3, -0.25) is 4.79 Å². The van der Waals surface area contributed by atoms with Crippen molar-refractivity contribution >= 4 is 11.9 Å². The molecule has 1 fully saturated rings. The molecule has 2 aromatic rings. The monoisotopic (exact) mass is 379 g/mol. The zero-order valence-electron chi connectivity index (χ0n) is 16.7. The molecule has 5 heteroatoms. The maximum absolute atomic E-state index is 12.5. The summed E-state index contributed by atoms with van der Waals surface area (Å²) in [5, 5.41) is 3.00. The third-order valence-electron chi connectivity index (χ3n) is 5.44. The van der Waals surface area contributed by atoms with Gasteiger partial charge in [0.1, 0.15) is 0 Å². The van der Waals surface area contributed by atoms with Gasteiger partial charge in [-0.05, 0) is 43.5 Å². The lowest BCUT2D eigenvalue weighted by Gasteiger charge is -2.19. The van der Waals surface area contributed by atoms with Gasteiger partial charge >= 0.3 is 6.03 Å². The van der Waals surface area contributed by atoms with Crippen molar-refractivity contribution in [3.05, 3.63) is 71.3 Å². The highest BCUT2D eigenvalue weighted by Crippen LogP contribution is 2.26. The van der Waals surface area contributed by atoms with Crippen molar-refractivity contribution < 1.29 is 9.59 Å². The third kappa shape index (κ3) is 4.71. The van der Waals surface area contributed by atoms with Crippen LogP contribution in [0.1, 0.15) is 47.7 Å². The van der Waals surface area contributed by atoms with Crippen LogP contribution in [-0.2, 0) is 6.54 Å². The Morgan fingerprint density at radius 1 is 1.04 bits per heavy atom. The first kappa shape index (κ1) is 19.9. The van der Waals surface area contributed by atoms with Crippen LogP contribution in [0.5, 0.6) is 0 Å². The molecule has 3 amide bonds. The highest BCUT2D eigenvalue weighted by atomic mass is 16.2. The van der Waals surface area contributed by atoms with E-state index in [9.17, 15) is 9.59 Å². The van der Waals surface area contributed by atoms with Crippen molar-refractivity contribution in [2.75, 3.05) is 26.2 Å². The molecule has 1 heterocycles. The fourth-order valence-electron chi connectivity index (χ4n) is 3.69. The van der Waals surface area contributed by atoms with Crippen LogP contribution in [0.15, 0.2) is 54.6 Å². The fraction of sp³-hybridized carbons (Fsp3) is 0.391. The Labute approximate surface area is 167 Å². The molecule has 1 atom stereocenters. The van der Waals surface area contributed by atoms with Crippen LogP contribution >= 0.6 is 0 Å². The van der Waals surface area contributed by atoms with Crippen LogP contribution in [-0.4, -0.2) is 47.9 Å². The topological polar surface area (TPSA) is 52.7 Å². The first-order valence-electron chi connectivity index (χ1n) is 10.1. The highest BCUT2D eigenvalue weighted by Gasteiger charge is 2.26. The van der Waals surface area contributed by atoms with Crippen molar-refractivity contribution in [3.63, 3.8) is 0 Å². The molecule has 1 N–H and O–H groups in total. The van der Waals surface area contributed by atoms with E-state index in [1.54, 1.807) is 4.90 Å². The Hall–Kier alpha value is -2.82. The molecule has 0 aliphatic carbocycles. The zero-order valence-corrected chi connectivity index (χ0v) is 16.7. The van der Waals surface area contributed by atoms with Gasteiger partial charge < -0.3 is 15.1 Å². The van der Waals surface area contributed by atoms with Crippen LogP contribution in [0.2, 0.25) is 0 Å². The van der Waals surface area contributed by atoms with E-state index in [-0.39, 0.29) is 11.9 Å². The summed E-state index contributed by atoms with van der Waals surface area (Å²) in [5.41, 5.74) is 2.97. The third-order valence-corrected chi connectivity index (χ3v) is 5.44. The molecule has 0 saturated carbocycles. The van der Waals surface area contributed by atoms with E-state index >= 15 is 0 Å². The second-order valence-electron chi connectivity index (χ2n) is 7.18. The van der Waals surface area contributed by atoms with Gasteiger partial charge in [0.15, 0.2) is 0 Å². The molecule has 1 aliphatic heterocycles. The number of likely N-dealkylation sites (tertiary alicyclic amines) is 1. The van der Waals surface area contributed by atoms with Gasteiger partial charge in [-0.25, -0.2) is 4.79 Å². The molecule has 0 radical (unpaired) electrons. The summed E-state index contributed by atoms with van der Waals surface area (Å²) in [6.07, 6.45) is 1.000. The Balaban J connectivity index is 1.50. The average Bonchev–Trinajstić information content (AvgIpc) is 3.24. The number of carbonyl (C=O) groups is 2. The first-order valence-corrected chi connectivity index (χ1v) is 10.1. The number of nitrogens with one attached hydrogen (secondary N) is 1. The van der Waals surface area contributed by atoms with Crippen LogP contribution in [0.3, 0.4) is 0 Å². The Bertz CT molecular complexity index is 785. The van der Waals surface area contributed by atoms with Gasteiger partial charge in [-0.15, -0.1) is 0 Å². The molecule has 0 unspecified atom stereocenters. The van der Waals surface area contributed by atoms with E-state index in [1.165, 1.54) is 5.56 Å². The number of nitrogens with zero attached hydrogens (tertiary/aromatic N) is 2. The fourth-order valence-corrected chi connectivity index (χ4v) is 3.69. The van der Waals surface area contributed by atoms with Crippen LogP contribution in [0.25, 0.3) is 0 Å². The van der Waals surface area contributed by atoms with Crippen molar-refractivity contribution in [2.45, 2.75) is 32.7 Å². The predicted molar refractivity (Wildman–Crippen MR) is 111 cm³/mol. The molecule has 28 heavy (non-hydrogen) atoms. The van der Waals surface area contributed by atoms with E-state index in [0.717, 1.165) is 25.1 Å². The number of carbonyl (C=O) groups excluding carboxylic acids is 2. The van der Waals surface area contributed by atoms with E-state index in [4.69, 9.17) is 0 Å². The van der Waals surface area contributed by atoms with Crippen molar-refractivity contribution in [2.24, 2.45) is 0 Å². The smallest absolute Gasteiger partial charge is 0.317 e. The normalized spacial score (nSPS) is 16.1. The van der Waals surface area contributed by atoms with Gasteiger partial charge in [0, 0.05) is 44.2 Å². The zero-order chi connectivity index (χ0) is 19.9. The Morgan fingerprint density at radius 3 is 2.36 bits per heavy atom. The molecule has 5 nitrogen and oxygen atoms in total. The molecular formula is C23H29N3O2. The molecule has 3 rings (SSSR count). The SMILES string of the molecule is CCN(CC)C(=O)c1ccc(CNC(=O)N2CC[C@@H](c3ccccc3)C2)cc1. The minimum absolute atomic E-state index is 0.0262. The molecular weight excluding hydrogens is 350 g/mol. The van der Waals surface area contributed by atoms with Crippen molar-refractivity contribution in [1.29, 1.82) is 0 Å². The largest absolute Gasteiger partial charge is 0.339 e. The van der Waals surface area contributed by atoms with Gasteiger partial charge in [-0.1, -0.05) is 42.5 Å². The minimum Gasteiger partial charge on any atom is -0.339 e. The van der Waals surface area contributed by atoms with E-state index in [2.05, 4.69) is 17.4 Å². The van der Waals surface area contributed by atoms with Crippen molar-refractivity contribution in [3.8, 4) is 0 Å². The predicted octanol–water partition coefficient (Wildman–Crippen LogP) is 3.87. The number of amides is 3. The standard InChI is InChI=1S/C23H29N3O2/c1-3-25(4-2)22(27)20-12-10-18(11-13-20)16-24-23(28)26-15-14-21(17-26)19-8-6-5-7-9-19/h5-13,21H,3-4,14-17H2,1-2H3,(H,24,28)/t21-/m1/s1. The number of rotatable bonds is 6. The molecule has 148 valence electrons. The summed E-state index contributed by atoms with van der Waals surface area (Å²) in [6.45, 7) is 7.36. The minimum atomic E-state index is -0.0262. The summed E-state index contributed by atoms with van der Waals surface area (Å²) in [4.78, 5) is 28.5. The van der Waals surface area contributed by atoms with Crippen LogP contribution < -0.4 is 5.32 Å².